The molecule has 9 nitrogen and oxygen atoms in total. The molecule has 0 radical (unpaired) electrons. The van der Waals surface area contributed by atoms with Crippen LogP contribution in [-0.4, -0.2) is 50.5 Å². The second-order valence-electron chi connectivity index (χ2n) is 9.30. The standard InChI is InChI=1S/C28H27ClN4O5/c29-19-13-11-18(12-14-19)25-24(26(34)31-38-17-20-7-3-5-15-30-20)21-8-1-2-9-22(21)27(35)33(25)32-16-6-4-10-23(32)28(36)37/h1-3,5,7-9,11-15,23-25H,4,6,10,16-17H2,(H,31,34)(H,36,37). The fourth-order valence-electron chi connectivity index (χ4n) is 5.23. The van der Waals surface area contributed by atoms with Crippen LogP contribution in [0, 0.1) is 0 Å². The molecule has 5 rings (SSSR count). The van der Waals surface area contributed by atoms with Crippen molar-refractivity contribution in [2.45, 2.75) is 43.9 Å². The van der Waals surface area contributed by atoms with E-state index in [2.05, 4.69) is 10.5 Å². The number of benzene rings is 2. The van der Waals surface area contributed by atoms with Crippen LogP contribution in [0.2, 0.25) is 5.02 Å². The lowest BCUT2D eigenvalue weighted by atomic mass is 9.80. The van der Waals surface area contributed by atoms with Crippen molar-refractivity contribution in [2.24, 2.45) is 0 Å². The number of piperidine rings is 1. The molecule has 0 aliphatic carbocycles. The zero-order valence-corrected chi connectivity index (χ0v) is 21.3. The van der Waals surface area contributed by atoms with E-state index in [9.17, 15) is 19.5 Å². The number of hydrogen-bond donors (Lipinski definition) is 2. The summed E-state index contributed by atoms with van der Waals surface area (Å²) in [4.78, 5) is 49.8. The Morgan fingerprint density at radius 3 is 2.55 bits per heavy atom. The number of nitrogens with zero attached hydrogens (tertiary/aromatic N) is 3. The monoisotopic (exact) mass is 534 g/mol. The third-order valence-corrected chi connectivity index (χ3v) is 7.21. The number of fused-ring (bicyclic) bond motifs is 1. The van der Waals surface area contributed by atoms with Crippen molar-refractivity contribution in [1.82, 2.24) is 20.5 Å². The Labute approximate surface area is 224 Å². The lowest BCUT2D eigenvalue weighted by molar-refractivity contribution is -0.159. The number of aromatic nitrogens is 1. The molecule has 10 heteroatoms. The van der Waals surface area contributed by atoms with Crippen LogP contribution in [-0.2, 0) is 21.0 Å². The van der Waals surface area contributed by atoms with E-state index in [1.807, 2.05) is 6.07 Å². The maximum absolute atomic E-state index is 14.0. The van der Waals surface area contributed by atoms with Gasteiger partial charge in [0, 0.05) is 23.3 Å². The summed E-state index contributed by atoms with van der Waals surface area (Å²) >= 11 is 6.16. The largest absolute Gasteiger partial charge is 0.480 e. The zero-order valence-electron chi connectivity index (χ0n) is 20.5. The average Bonchev–Trinajstić information content (AvgIpc) is 2.94. The number of hydrazine groups is 1. The fourth-order valence-corrected chi connectivity index (χ4v) is 5.36. The predicted molar refractivity (Wildman–Crippen MR) is 139 cm³/mol. The number of halogens is 1. The van der Waals surface area contributed by atoms with Crippen LogP contribution in [0.1, 0.15) is 58.4 Å². The summed E-state index contributed by atoms with van der Waals surface area (Å²) in [5.74, 6) is -2.71. The number of hydroxylamine groups is 1. The number of amides is 2. The minimum absolute atomic E-state index is 0.0580. The van der Waals surface area contributed by atoms with Crippen LogP contribution in [0.25, 0.3) is 0 Å². The van der Waals surface area contributed by atoms with Crippen molar-refractivity contribution < 1.29 is 24.3 Å². The van der Waals surface area contributed by atoms with Gasteiger partial charge in [0.25, 0.3) is 11.8 Å². The number of nitrogens with one attached hydrogen (secondary N) is 1. The normalized spacial score (nSPS) is 21.6. The van der Waals surface area contributed by atoms with Gasteiger partial charge in [0.2, 0.25) is 0 Å². The van der Waals surface area contributed by atoms with Gasteiger partial charge in [0.15, 0.2) is 0 Å². The molecule has 2 amide bonds. The van der Waals surface area contributed by atoms with Gasteiger partial charge in [0.1, 0.15) is 12.6 Å². The Morgan fingerprint density at radius 2 is 1.82 bits per heavy atom. The van der Waals surface area contributed by atoms with Crippen molar-refractivity contribution in [2.75, 3.05) is 6.54 Å². The van der Waals surface area contributed by atoms with Crippen molar-refractivity contribution >= 4 is 29.4 Å². The first-order valence-electron chi connectivity index (χ1n) is 12.4. The molecular formula is C28H27ClN4O5. The Balaban J connectivity index is 1.57. The molecule has 1 fully saturated rings. The highest BCUT2D eigenvalue weighted by molar-refractivity contribution is 6.30. The summed E-state index contributed by atoms with van der Waals surface area (Å²) in [5.41, 5.74) is 4.72. The first-order chi connectivity index (χ1) is 18.5. The molecule has 2 aliphatic rings. The molecule has 2 aliphatic heterocycles. The predicted octanol–water partition coefficient (Wildman–Crippen LogP) is 4.12. The number of carboxylic acids is 1. The van der Waals surface area contributed by atoms with Crippen molar-refractivity contribution in [3.63, 3.8) is 0 Å². The molecule has 3 unspecified atom stereocenters. The topological polar surface area (TPSA) is 112 Å². The van der Waals surface area contributed by atoms with E-state index in [0.29, 0.717) is 40.4 Å². The lowest BCUT2D eigenvalue weighted by Crippen LogP contribution is -2.60. The molecule has 3 atom stereocenters. The van der Waals surface area contributed by atoms with Gasteiger partial charge in [-0.15, -0.1) is 0 Å². The molecule has 196 valence electrons. The van der Waals surface area contributed by atoms with Crippen LogP contribution >= 0.6 is 11.6 Å². The van der Waals surface area contributed by atoms with Crippen LogP contribution in [0.5, 0.6) is 0 Å². The molecule has 2 N–H and O–H groups in total. The highest BCUT2D eigenvalue weighted by Crippen LogP contribution is 2.45. The maximum atomic E-state index is 14.0. The smallest absolute Gasteiger partial charge is 0.322 e. The van der Waals surface area contributed by atoms with E-state index in [1.165, 1.54) is 5.01 Å². The molecule has 2 aromatic carbocycles. The molecule has 3 heterocycles. The van der Waals surface area contributed by atoms with Crippen molar-refractivity contribution in [3.05, 3.63) is 100 Å². The number of hydrogen-bond acceptors (Lipinski definition) is 6. The van der Waals surface area contributed by atoms with E-state index in [4.69, 9.17) is 16.4 Å². The van der Waals surface area contributed by atoms with Crippen molar-refractivity contribution in [1.29, 1.82) is 0 Å². The molecule has 0 saturated carbocycles. The number of carbonyl (C=O) groups is 3. The number of aliphatic carboxylic acids is 1. The molecule has 0 bridgehead atoms. The summed E-state index contributed by atoms with van der Waals surface area (Å²) in [6.07, 6.45) is 3.50. The van der Waals surface area contributed by atoms with E-state index >= 15 is 0 Å². The van der Waals surface area contributed by atoms with Crippen LogP contribution in [0.3, 0.4) is 0 Å². The summed E-state index contributed by atoms with van der Waals surface area (Å²) < 4.78 is 0. The molecule has 1 aromatic heterocycles. The van der Waals surface area contributed by atoms with E-state index in [-0.39, 0.29) is 12.5 Å². The number of carboxylic acid groups (broad SMARTS) is 1. The molecule has 38 heavy (non-hydrogen) atoms. The van der Waals surface area contributed by atoms with Crippen LogP contribution in [0.4, 0.5) is 0 Å². The van der Waals surface area contributed by atoms with Gasteiger partial charge in [-0.2, -0.15) is 0 Å². The van der Waals surface area contributed by atoms with Gasteiger partial charge in [-0.3, -0.25) is 29.2 Å². The van der Waals surface area contributed by atoms with Gasteiger partial charge < -0.3 is 5.11 Å². The van der Waals surface area contributed by atoms with Crippen molar-refractivity contribution in [3.8, 4) is 0 Å². The van der Waals surface area contributed by atoms with E-state index in [0.717, 1.165) is 12.8 Å². The van der Waals surface area contributed by atoms with Gasteiger partial charge in [0.05, 0.1) is 17.7 Å². The van der Waals surface area contributed by atoms with Gasteiger partial charge in [-0.05, 0) is 60.7 Å². The summed E-state index contributed by atoms with van der Waals surface area (Å²) in [6.45, 7) is 0.432. The third kappa shape index (κ3) is 5.13. The SMILES string of the molecule is O=C(NOCc1ccccn1)C1c2ccccc2C(=O)N(N2CCCCC2C(=O)O)C1c1ccc(Cl)cc1. The molecule has 0 spiro atoms. The summed E-state index contributed by atoms with van der Waals surface area (Å²) in [5, 5.41) is 13.6. The Kier molecular flexibility index (Phi) is 7.69. The summed E-state index contributed by atoms with van der Waals surface area (Å²) in [6, 6.07) is 17.5. The number of rotatable bonds is 7. The van der Waals surface area contributed by atoms with Crippen LogP contribution in [0.15, 0.2) is 72.9 Å². The Bertz CT molecular complexity index is 1320. The fraction of sp³-hybridized carbons (Fsp3) is 0.286. The maximum Gasteiger partial charge on any atom is 0.322 e. The molecular weight excluding hydrogens is 508 g/mol. The second-order valence-corrected chi connectivity index (χ2v) is 9.74. The minimum atomic E-state index is -1.01. The first kappa shape index (κ1) is 25.8. The highest BCUT2D eigenvalue weighted by Gasteiger charge is 2.49. The Morgan fingerprint density at radius 1 is 1.05 bits per heavy atom. The van der Waals surface area contributed by atoms with Gasteiger partial charge in [-0.1, -0.05) is 48.0 Å². The van der Waals surface area contributed by atoms with Gasteiger partial charge >= 0.3 is 5.97 Å². The third-order valence-electron chi connectivity index (χ3n) is 6.96. The second kappa shape index (κ2) is 11.3. The van der Waals surface area contributed by atoms with E-state index < -0.39 is 29.9 Å². The zero-order chi connectivity index (χ0) is 26.6. The minimum Gasteiger partial charge on any atom is -0.480 e. The highest BCUT2D eigenvalue weighted by atomic mass is 35.5. The first-order valence-corrected chi connectivity index (χ1v) is 12.8. The number of carbonyl (C=O) groups excluding carboxylic acids is 2. The lowest BCUT2D eigenvalue weighted by Gasteiger charge is -2.49. The number of pyridine rings is 1. The average molecular weight is 535 g/mol. The summed E-state index contributed by atoms with van der Waals surface area (Å²) in [7, 11) is 0. The van der Waals surface area contributed by atoms with Crippen LogP contribution < -0.4 is 5.48 Å². The Hall–Kier alpha value is -3.79. The molecule has 1 saturated heterocycles. The van der Waals surface area contributed by atoms with E-state index in [1.54, 1.807) is 71.9 Å². The van der Waals surface area contributed by atoms with Gasteiger partial charge in [-0.25, -0.2) is 10.5 Å². The quantitative estimate of drug-likeness (QED) is 0.438. The molecule has 3 aromatic rings.